The molecule has 0 fully saturated rings. The Morgan fingerprint density at radius 3 is 1.40 bits per heavy atom. The van der Waals surface area contributed by atoms with Crippen LogP contribution in [0.25, 0.3) is 67.0 Å². The van der Waals surface area contributed by atoms with E-state index < -0.39 is 5.41 Å². The number of rotatable bonds is 7. The molecule has 296 valence electrons. The lowest BCUT2D eigenvalue weighted by Crippen LogP contribution is -2.28. The summed E-state index contributed by atoms with van der Waals surface area (Å²) in [7, 11) is 0. The zero-order valence-corrected chi connectivity index (χ0v) is 34.3. The number of ether oxygens (including phenoxy) is 2. The van der Waals surface area contributed by atoms with Crippen LogP contribution >= 0.6 is 0 Å². The fourth-order valence-electron chi connectivity index (χ4n) is 9.66. The van der Waals surface area contributed by atoms with E-state index in [9.17, 15) is 0 Å². The quantitative estimate of drug-likeness (QED) is 0.161. The largest absolute Gasteiger partial charge is 0.449 e. The van der Waals surface area contributed by atoms with Gasteiger partial charge in [-0.1, -0.05) is 206 Å². The summed E-state index contributed by atoms with van der Waals surface area (Å²) >= 11 is 0. The van der Waals surface area contributed by atoms with Gasteiger partial charge in [0.1, 0.15) is 0 Å². The van der Waals surface area contributed by atoms with Gasteiger partial charge >= 0.3 is 0 Å². The van der Waals surface area contributed by atoms with E-state index in [1.807, 2.05) is 18.2 Å². The van der Waals surface area contributed by atoms with E-state index >= 15 is 0 Å². The SMILES string of the molecule is c1ccc(-c2ccc(-c3cc(-c4ccc(-c5ccc6c(c5)Oc5c(ccc7c5-c5ccccc5C7(c5ccccc5)c5ccccc5)O6)cc4)cc(-c4ccccc4)n3)cc2)cc1. The highest BCUT2D eigenvalue weighted by molar-refractivity contribution is 5.92. The maximum atomic E-state index is 7.01. The fraction of sp³-hybridized carbons (Fsp3) is 0.0167. The van der Waals surface area contributed by atoms with Crippen LogP contribution in [0.5, 0.6) is 23.0 Å². The third-order valence-corrected chi connectivity index (χ3v) is 12.6. The fourth-order valence-corrected chi connectivity index (χ4v) is 9.66. The highest BCUT2D eigenvalue weighted by atomic mass is 16.6. The third-order valence-electron chi connectivity index (χ3n) is 12.6. The minimum absolute atomic E-state index is 0.527. The van der Waals surface area contributed by atoms with E-state index in [4.69, 9.17) is 14.5 Å². The molecule has 0 atom stereocenters. The number of pyridine rings is 1. The van der Waals surface area contributed by atoms with Crippen molar-refractivity contribution in [3.8, 4) is 90.0 Å². The van der Waals surface area contributed by atoms with Crippen molar-refractivity contribution in [3.05, 3.63) is 259 Å². The van der Waals surface area contributed by atoms with Crippen LogP contribution in [0, 0.1) is 0 Å². The summed E-state index contributed by atoms with van der Waals surface area (Å²) < 4.78 is 13.7. The van der Waals surface area contributed by atoms with Crippen molar-refractivity contribution in [2.45, 2.75) is 5.41 Å². The average Bonchev–Trinajstić information content (AvgIpc) is 3.68. The second kappa shape index (κ2) is 15.0. The topological polar surface area (TPSA) is 31.4 Å². The van der Waals surface area contributed by atoms with Crippen molar-refractivity contribution in [1.29, 1.82) is 0 Å². The van der Waals surface area contributed by atoms with Gasteiger partial charge < -0.3 is 9.47 Å². The number of hydrogen-bond donors (Lipinski definition) is 0. The molecule has 0 saturated heterocycles. The maximum absolute atomic E-state index is 7.01. The Morgan fingerprint density at radius 1 is 0.302 bits per heavy atom. The normalized spacial score (nSPS) is 12.8. The van der Waals surface area contributed by atoms with Gasteiger partial charge in [0.2, 0.25) is 0 Å². The molecule has 0 saturated carbocycles. The Morgan fingerprint density at radius 2 is 0.762 bits per heavy atom. The van der Waals surface area contributed by atoms with E-state index in [-0.39, 0.29) is 0 Å². The Labute approximate surface area is 367 Å². The Kier molecular flexibility index (Phi) is 8.72. The predicted molar refractivity (Wildman–Crippen MR) is 255 cm³/mol. The van der Waals surface area contributed by atoms with Crippen LogP contribution in [0.1, 0.15) is 22.3 Å². The lowest BCUT2D eigenvalue weighted by molar-refractivity contribution is 0.360. The summed E-state index contributed by atoms with van der Waals surface area (Å²) in [6.07, 6.45) is 0. The van der Waals surface area contributed by atoms with E-state index in [2.05, 4.69) is 218 Å². The average molecular weight is 806 g/mol. The number of hydrogen-bond acceptors (Lipinski definition) is 3. The molecule has 63 heavy (non-hydrogen) atoms. The van der Waals surface area contributed by atoms with E-state index in [0.717, 1.165) is 61.6 Å². The van der Waals surface area contributed by atoms with Crippen molar-refractivity contribution in [2.24, 2.45) is 0 Å². The van der Waals surface area contributed by atoms with Gasteiger partial charge in [0.25, 0.3) is 0 Å². The molecule has 0 amide bonds. The number of nitrogens with zero attached hydrogens (tertiary/aromatic N) is 1. The van der Waals surface area contributed by atoms with Gasteiger partial charge in [0.05, 0.1) is 16.8 Å². The molecule has 0 radical (unpaired) electrons. The molecule has 1 aliphatic carbocycles. The Hall–Kier alpha value is -8.27. The molecule has 3 heteroatoms. The first-order valence-corrected chi connectivity index (χ1v) is 21.4. The smallest absolute Gasteiger partial charge is 0.178 e. The van der Waals surface area contributed by atoms with Crippen LogP contribution in [0.3, 0.4) is 0 Å². The zero-order valence-electron chi connectivity index (χ0n) is 34.3. The summed E-state index contributed by atoms with van der Waals surface area (Å²) in [5.74, 6) is 2.84. The molecule has 2 aliphatic rings. The van der Waals surface area contributed by atoms with Crippen LogP contribution < -0.4 is 9.47 Å². The minimum atomic E-state index is -0.527. The number of aromatic nitrogens is 1. The number of fused-ring (bicyclic) bond motifs is 6. The summed E-state index contributed by atoms with van der Waals surface area (Å²) in [4.78, 5) is 5.17. The summed E-state index contributed by atoms with van der Waals surface area (Å²) in [5, 5.41) is 0. The van der Waals surface area contributed by atoms with Crippen LogP contribution in [-0.4, -0.2) is 4.98 Å². The van der Waals surface area contributed by atoms with Crippen LogP contribution in [-0.2, 0) is 5.41 Å². The molecule has 0 spiro atoms. The van der Waals surface area contributed by atoms with Crippen LogP contribution in [0.4, 0.5) is 0 Å². The van der Waals surface area contributed by atoms with Crippen LogP contribution in [0.2, 0.25) is 0 Å². The van der Waals surface area contributed by atoms with Gasteiger partial charge in [-0.25, -0.2) is 4.98 Å². The molecule has 1 aliphatic heterocycles. The second-order valence-corrected chi connectivity index (χ2v) is 16.2. The third kappa shape index (κ3) is 6.16. The first kappa shape index (κ1) is 36.6. The molecular formula is C60H39NO2. The first-order chi connectivity index (χ1) is 31.2. The van der Waals surface area contributed by atoms with Gasteiger partial charge in [-0.2, -0.15) is 0 Å². The lowest BCUT2D eigenvalue weighted by Gasteiger charge is -2.34. The highest BCUT2D eigenvalue weighted by Gasteiger charge is 2.48. The maximum Gasteiger partial charge on any atom is 0.178 e. The van der Waals surface area contributed by atoms with Gasteiger partial charge in [-0.05, 0) is 91.5 Å². The molecule has 3 nitrogen and oxygen atoms in total. The molecule has 1 aromatic heterocycles. The monoisotopic (exact) mass is 805 g/mol. The first-order valence-electron chi connectivity index (χ1n) is 21.4. The van der Waals surface area contributed by atoms with Crippen molar-refractivity contribution >= 4 is 0 Å². The summed E-state index contributed by atoms with van der Waals surface area (Å²) in [5.41, 5.74) is 17.3. The molecule has 0 N–H and O–H groups in total. The van der Waals surface area contributed by atoms with Gasteiger partial charge in [0.15, 0.2) is 23.0 Å². The van der Waals surface area contributed by atoms with Gasteiger partial charge in [-0.3, -0.25) is 0 Å². The van der Waals surface area contributed by atoms with Gasteiger partial charge in [-0.15, -0.1) is 0 Å². The van der Waals surface area contributed by atoms with E-state index in [1.165, 1.54) is 33.4 Å². The van der Waals surface area contributed by atoms with Crippen LogP contribution in [0.15, 0.2) is 237 Å². The minimum Gasteiger partial charge on any atom is -0.449 e. The van der Waals surface area contributed by atoms with Crippen molar-refractivity contribution in [1.82, 2.24) is 4.98 Å². The highest BCUT2D eigenvalue weighted by Crippen LogP contribution is 2.62. The standard InChI is InChI=1S/C60H39NO2/c1-5-15-40(16-6-1)41-29-31-45(32-30-41)54-38-47(37-53(61-54)44-17-7-2-8-18-44)43-27-25-42(26-28-43)46-33-35-55-57(39-46)63-59-56(62-55)36-34-52-58(59)50-23-13-14-24-51(50)60(52,48-19-9-3-10-20-48)49-21-11-4-12-22-49/h1-39H. The molecule has 0 bridgehead atoms. The summed E-state index contributed by atoms with van der Waals surface area (Å²) in [6, 6.07) is 83.7. The number of benzene rings is 9. The predicted octanol–water partition coefficient (Wildman–Crippen LogP) is 15.7. The van der Waals surface area contributed by atoms with E-state index in [1.54, 1.807) is 0 Å². The molecule has 2 heterocycles. The molecule has 12 rings (SSSR count). The summed E-state index contributed by atoms with van der Waals surface area (Å²) in [6.45, 7) is 0. The van der Waals surface area contributed by atoms with Crippen molar-refractivity contribution < 1.29 is 9.47 Å². The molecular weight excluding hydrogens is 767 g/mol. The Bertz CT molecular complexity index is 3250. The zero-order chi connectivity index (χ0) is 41.7. The lowest BCUT2D eigenvalue weighted by atomic mass is 9.68. The van der Waals surface area contributed by atoms with E-state index in [0.29, 0.717) is 17.2 Å². The molecule has 10 aromatic rings. The Balaban J connectivity index is 0.899. The molecule has 9 aromatic carbocycles. The molecule has 0 unspecified atom stereocenters. The van der Waals surface area contributed by atoms with Gasteiger partial charge in [0, 0.05) is 16.7 Å². The van der Waals surface area contributed by atoms with Crippen molar-refractivity contribution in [3.63, 3.8) is 0 Å². The second-order valence-electron chi connectivity index (χ2n) is 16.2. The van der Waals surface area contributed by atoms with Crippen molar-refractivity contribution in [2.75, 3.05) is 0 Å².